The van der Waals surface area contributed by atoms with Crippen LogP contribution in [0.2, 0.25) is 0 Å². The van der Waals surface area contributed by atoms with Crippen molar-refractivity contribution in [3.8, 4) is 0 Å². The van der Waals surface area contributed by atoms with E-state index in [2.05, 4.69) is 10.6 Å². The fourth-order valence-corrected chi connectivity index (χ4v) is 1.30. The average Bonchev–Trinajstić information content (AvgIpc) is 2.43. The Morgan fingerprint density at radius 1 is 1.26 bits per heavy atom. The highest BCUT2D eigenvalue weighted by molar-refractivity contribution is 5.85. The van der Waals surface area contributed by atoms with Gasteiger partial charge in [0.25, 0.3) is 0 Å². The van der Waals surface area contributed by atoms with Crippen LogP contribution < -0.4 is 10.6 Å². The number of alkyl carbamates (subject to hydrolysis) is 1. The van der Waals surface area contributed by atoms with E-state index >= 15 is 0 Å². The molecule has 1 aromatic carbocycles. The van der Waals surface area contributed by atoms with Crippen molar-refractivity contribution in [1.29, 1.82) is 0 Å². The van der Waals surface area contributed by atoms with Gasteiger partial charge in [-0.2, -0.15) is 0 Å². The van der Waals surface area contributed by atoms with Crippen LogP contribution in [0, 0.1) is 0 Å². The highest BCUT2D eigenvalue weighted by atomic mass is 16.5. The molecule has 0 fully saturated rings. The topological polar surface area (TPSA) is 76.7 Å². The minimum atomic E-state index is -0.682. The number of amides is 2. The van der Waals surface area contributed by atoms with Crippen molar-refractivity contribution < 1.29 is 19.1 Å². The first-order valence-corrected chi connectivity index (χ1v) is 5.87. The number of rotatable bonds is 6. The summed E-state index contributed by atoms with van der Waals surface area (Å²) in [6.07, 6.45) is -0.635. The molecule has 104 valence electrons. The van der Waals surface area contributed by atoms with Gasteiger partial charge in [-0.25, -0.2) is 4.79 Å². The molecular formula is C13H18N2O4. The zero-order chi connectivity index (χ0) is 14.1. The summed E-state index contributed by atoms with van der Waals surface area (Å²) in [5, 5.41) is 4.91. The largest absolute Gasteiger partial charge is 0.445 e. The van der Waals surface area contributed by atoms with Gasteiger partial charge in [0.1, 0.15) is 19.4 Å². The van der Waals surface area contributed by atoms with Gasteiger partial charge in [0.05, 0.1) is 0 Å². The number of methoxy groups -OCH3 is 1. The molecule has 1 rings (SSSR count). The number of benzene rings is 1. The Morgan fingerprint density at radius 3 is 2.58 bits per heavy atom. The van der Waals surface area contributed by atoms with Crippen LogP contribution in [0.15, 0.2) is 30.3 Å². The molecule has 0 aliphatic rings. The molecule has 0 spiro atoms. The molecule has 19 heavy (non-hydrogen) atoms. The quantitative estimate of drug-likeness (QED) is 0.754. The number of nitrogens with one attached hydrogen (secondary N) is 2. The van der Waals surface area contributed by atoms with Gasteiger partial charge in [-0.15, -0.1) is 0 Å². The molecule has 2 amide bonds. The summed E-state index contributed by atoms with van der Waals surface area (Å²) in [5.41, 5.74) is 0.883. The van der Waals surface area contributed by atoms with E-state index in [9.17, 15) is 9.59 Å². The molecule has 0 bridgehead atoms. The highest BCUT2D eigenvalue weighted by Gasteiger charge is 2.15. The van der Waals surface area contributed by atoms with E-state index in [1.807, 2.05) is 30.3 Å². The Kier molecular flexibility index (Phi) is 6.38. The predicted molar refractivity (Wildman–Crippen MR) is 69.2 cm³/mol. The molecule has 6 nitrogen and oxygen atoms in total. The number of hydrogen-bond acceptors (Lipinski definition) is 4. The summed E-state index contributed by atoms with van der Waals surface area (Å²) in [4.78, 5) is 22.9. The van der Waals surface area contributed by atoms with Crippen LogP contribution in [-0.2, 0) is 20.9 Å². The third-order valence-electron chi connectivity index (χ3n) is 2.33. The van der Waals surface area contributed by atoms with Crippen LogP contribution in [0.25, 0.3) is 0 Å². The number of ether oxygens (including phenoxy) is 2. The van der Waals surface area contributed by atoms with Crippen molar-refractivity contribution in [2.24, 2.45) is 0 Å². The SMILES string of the molecule is COCNC(=O)C(C)NC(=O)OCc1ccccc1. The summed E-state index contributed by atoms with van der Waals surface area (Å²) >= 11 is 0. The van der Waals surface area contributed by atoms with E-state index in [1.165, 1.54) is 7.11 Å². The lowest BCUT2D eigenvalue weighted by Crippen LogP contribution is -2.45. The average molecular weight is 266 g/mol. The van der Waals surface area contributed by atoms with Crippen molar-refractivity contribution in [3.63, 3.8) is 0 Å². The third kappa shape index (κ3) is 5.87. The zero-order valence-corrected chi connectivity index (χ0v) is 11.0. The summed E-state index contributed by atoms with van der Waals surface area (Å²) in [5.74, 6) is -0.335. The van der Waals surface area contributed by atoms with Crippen LogP contribution >= 0.6 is 0 Å². The fraction of sp³-hybridized carbons (Fsp3) is 0.385. The van der Waals surface area contributed by atoms with E-state index in [1.54, 1.807) is 6.92 Å². The molecule has 0 aliphatic heterocycles. The molecule has 1 atom stereocenters. The van der Waals surface area contributed by atoms with Crippen LogP contribution in [-0.4, -0.2) is 31.9 Å². The summed E-state index contributed by atoms with van der Waals surface area (Å²) < 4.78 is 9.69. The maximum absolute atomic E-state index is 11.5. The number of carbonyl (C=O) groups is 2. The molecule has 0 saturated carbocycles. The van der Waals surface area contributed by atoms with Crippen molar-refractivity contribution in [2.45, 2.75) is 19.6 Å². The predicted octanol–water partition coefficient (Wildman–Crippen LogP) is 1.02. The normalized spacial score (nSPS) is 11.5. The zero-order valence-electron chi connectivity index (χ0n) is 11.0. The first-order chi connectivity index (χ1) is 9.13. The minimum absolute atomic E-state index is 0.101. The second-order valence-corrected chi connectivity index (χ2v) is 3.90. The first-order valence-electron chi connectivity index (χ1n) is 5.87. The maximum Gasteiger partial charge on any atom is 0.408 e. The summed E-state index contributed by atoms with van der Waals surface area (Å²) in [7, 11) is 1.46. The molecule has 6 heteroatoms. The molecule has 2 N–H and O–H groups in total. The van der Waals surface area contributed by atoms with Gasteiger partial charge in [-0.1, -0.05) is 30.3 Å². The maximum atomic E-state index is 11.5. The van der Waals surface area contributed by atoms with E-state index in [0.717, 1.165) is 5.56 Å². The van der Waals surface area contributed by atoms with Crippen LogP contribution in [0.1, 0.15) is 12.5 Å². The van der Waals surface area contributed by atoms with Crippen molar-refractivity contribution in [3.05, 3.63) is 35.9 Å². The van der Waals surface area contributed by atoms with E-state index in [4.69, 9.17) is 9.47 Å². The third-order valence-corrected chi connectivity index (χ3v) is 2.33. The van der Waals surface area contributed by atoms with E-state index < -0.39 is 12.1 Å². The smallest absolute Gasteiger partial charge is 0.408 e. The van der Waals surface area contributed by atoms with Gasteiger partial charge in [-0.3, -0.25) is 4.79 Å². The standard InChI is InChI=1S/C13H18N2O4/c1-10(12(16)14-9-18-2)15-13(17)19-8-11-6-4-3-5-7-11/h3-7,10H,8-9H2,1-2H3,(H,14,16)(H,15,17). The van der Waals surface area contributed by atoms with Crippen LogP contribution in [0.3, 0.4) is 0 Å². The molecule has 0 heterocycles. The Balaban J connectivity index is 2.29. The Labute approximate surface area is 112 Å². The van der Waals surface area contributed by atoms with Gasteiger partial charge in [0.2, 0.25) is 5.91 Å². The second kappa shape index (κ2) is 8.10. The molecular weight excluding hydrogens is 248 g/mol. The molecule has 0 radical (unpaired) electrons. The molecule has 0 aliphatic carbocycles. The Bertz CT molecular complexity index is 408. The lowest BCUT2D eigenvalue weighted by molar-refractivity contribution is -0.124. The molecule has 1 unspecified atom stereocenters. The first kappa shape index (κ1) is 15.0. The van der Waals surface area contributed by atoms with Gasteiger partial charge in [0, 0.05) is 7.11 Å². The van der Waals surface area contributed by atoms with Crippen molar-refractivity contribution in [2.75, 3.05) is 13.8 Å². The highest BCUT2D eigenvalue weighted by Crippen LogP contribution is 2.00. The number of hydrogen-bond donors (Lipinski definition) is 2. The summed E-state index contributed by atoms with van der Waals surface area (Å²) in [6, 6.07) is 8.61. The van der Waals surface area contributed by atoms with Crippen LogP contribution in [0.4, 0.5) is 4.79 Å². The summed E-state index contributed by atoms with van der Waals surface area (Å²) in [6.45, 7) is 1.83. The van der Waals surface area contributed by atoms with Crippen molar-refractivity contribution >= 4 is 12.0 Å². The monoisotopic (exact) mass is 266 g/mol. The lowest BCUT2D eigenvalue weighted by Gasteiger charge is -2.13. The number of carbonyl (C=O) groups excluding carboxylic acids is 2. The molecule has 1 aromatic rings. The van der Waals surface area contributed by atoms with Gasteiger partial charge in [0.15, 0.2) is 0 Å². The van der Waals surface area contributed by atoms with Crippen LogP contribution in [0.5, 0.6) is 0 Å². The lowest BCUT2D eigenvalue weighted by atomic mass is 10.2. The van der Waals surface area contributed by atoms with Crippen molar-refractivity contribution in [1.82, 2.24) is 10.6 Å². The van der Waals surface area contributed by atoms with Gasteiger partial charge in [-0.05, 0) is 12.5 Å². The van der Waals surface area contributed by atoms with E-state index in [0.29, 0.717) is 0 Å². The Morgan fingerprint density at radius 2 is 1.95 bits per heavy atom. The fourth-order valence-electron chi connectivity index (χ4n) is 1.30. The Hall–Kier alpha value is -2.08. The minimum Gasteiger partial charge on any atom is -0.445 e. The van der Waals surface area contributed by atoms with Gasteiger partial charge < -0.3 is 20.1 Å². The van der Waals surface area contributed by atoms with E-state index in [-0.39, 0.29) is 19.2 Å². The molecule has 0 saturated heterocycles. The second-order valence-electron chi connectivity index (χ2n) is 3.90. The molecule has 0 aromatic heterocycles. The van der Waals surface area contributed by atoms with Gasteiger partial charge >= 0.3 is 6.09 Å².